The number of amides is 1. The number of hydrogen-bond donors (Lipinski definition) is 2. The van der Waals surface area contributed by atoms with Gasteiger partial charge in [0, 0.05) is 11.2 Å². The second-order valence-corrected chi connectivity index (χ2v) is 7.12. The Labute approximate surface area is 162 Å². The molecule has 9 heteroatoms. The lowest BCUT2D eigenvalue weighted by Crippen LogP contribution is -2.11. The summed E-state index contributed by atoms with van der Waals surface area (Å²) in [7, 11) is 0. The molecule has 0 aliphatic rings. The van der Waals surface area contributed by atoms with Crippen LogP contribution in [-0.4, -0.2) is 25.9 Å². The van der Waals surface area contributed by atoms with Crippen LogP contribution in [0, 0.1) is 5.82 Å². The van der Waals surface area contributed by atoms with Gasteiger partial charge in [-0.2, -0.15) is 10.2 Å². The first-order valence-electron chi connectivity index (χ1n) is 7.95. The minimum absolute atomic E-state index is 0.285. The van der Waals surface area contributed by atoms with E-state index in [1.54, 1.807) is 34.3 Å². The summed E-state index contributed by atoms with van der Waals surface area (Å²) in [5, 5.41) is 16.1. The van der Waals surface area contributed by atoms with Crippen LogP contribution in [0.2, 0.25) is 5.02 Å². The minimum atomic E-state index is -0.391. The molecule has 4 aromatic rings. The van der Waals surface area contributed by atoms with Crippen molar-refractivity contribution in [3.63, 3.8) is 0 Å². The summed E-state index contributed by atoms with van der Waals surface area (Å²) >= 11 is 7.59. The number of benzene rings is 1. The molecule has 136 valence electrons. The normalized spacial score (nSPS) is 10.9. The van der Waals surface area contributed by atoms with Crippen molar-refractivity contribution in [2.24, 2.45) is 0 Å². The van der Waals surface area contributed by atoms with Gasteiger partial charge in [0.05, 0.1) is 29.0 Å². The smallest absolute Gasteiger partial charge is 0.276 e. The van der Waals surface area contributed by atoms with E-state index in [1.165, 1.54) is 18.3 Å². The minimum Gasteiger partial charge on any atom is -0.318 e. The topological polar surface area (TPSA) is 75.6 Å². The first kappa shape index (κ1) is 17.4. The molecule has 0 atom stereocenters. The second-order valence-electron chi connectivity index (χ2n) is 5.76. The Morgan fingerprint density at radius 3 is 3.00 bits per heavy atom. The Kier molecular flexibility index (Phi) is 4.74. The first-order valence-corrected chi connectivity index (χ1v) is 9.21. The third kappa shape index (κ3) is 3.91. The predicted molar refractivity (Wildman–Crippen MR) is 103 cm³/mol. The molecule has 0 spiro atoms. The van der Waals surface area contributed by atoms with E-state index in [1.807, 2.05) is 17.5 Å². The molecule has 27 heavy (non-hydrogen) atoms. The predicted octanol–water partition coefficient (Wildman–Crippen LogP) is 4.43. The SMILES string of the molecule is O=C(Nc1cnn(Cc2ccc(F)cc2Cl)c1)c1cc(-c2cccs2)[nH]n1. The van der Waals surface area contributed by atoms with Crippen molar-refractivity contribution in [2.45, 2.75) is 6.54 Å². The Morgan fingerprint density at radius 1 is 1.33 bits per heavy atom. The molecule has 1 aromatic carbocycles. The summed E-state index contributed by atoms with van der Waals surface area (Å²) in [5.74, 6) is -0.730. The number of halogens is 2. The summed E-state index contributed by atoms with van der Waals surface area (Å²) in [6.45, 7) is 0.361. The third-order valence-electron chi connectivity index (χ3n) is 3.84. The number of rotatable bonds is 5. The molecule has 4 rings (SSSR count). The van der Waals surface area contributed by atoms with Gasteiger partial charge in [-0.05, 0) is 35.2 Å². The molecule has 6 nitrogen and oxygen atoms in total. The van der Waals surface area contributed by atoms with Crippen molar-refractivity contribution in [3.05, 3.63) is 76.3 Å². The molecule has 0 fully saturated rings. The van der Waals surface area contributed by atoms with Gasteiger partial charge in [-0.3, -0.25) is 14.6 Å². The van der Waals surface area contributed by atoms with E-state index in [9.17, 15) is 9.18 Å². The molecule has 0 bridgehead atoms. The highest BCUT2D eigenvalue weighted by Crippen LogP contribution is 2.23. The number of carbonyl (C=O) groups is 1. The highest BCUT2D eigenvalue weighted by molar-refractivity contribution is 7.13. The summed E-state index contributed by atoms with van der Waals surface area (Å²) in [4.78, 5) is 13.4. The molecule has 0 saturated heterocycles. The van der Waals surface area contributed by atoms with Crippen LogP contribution in [-0.2, 0) is 6.54 Å². The zero-order valence-corrected chi connectivity index (χ0v) is 15.4. The maximum Gasteiger partial charge on any atom is 0.276 e. The molecule has 0 aliphatic heterocycles. The number of thiophene rings is 1. The van der Waals surface area contributed by atoms with E-state index in [0.29, 0.717) is 17.3 Å². The molecule has 0 aliphatic carbocycles. The number of carbonyl (C=O) groups excluding carboxylic acids is 1. The lowest BCUT2D eigenvalue weighted by atomic mass is 10.2. The van der Waals surface area contributed by atoms with E-state index in [0.717, 1.165) is 16.1 Å². The zero-order chi connectivity index (χ0) is 18.8. The maximum absolute atomic E-state index is 13.1. The molecule has 0 unspecified atom stereocenters. The molecule has 3 heterocycles. The summed E-state index contributed by atoms with van der Waals surface area (Å²) in [6.07, 6.45) is 3.20. The van der Waals surface area contributed by atoms with Crippen LogP contribution in [0.25, 0.3) is 10.6 Å². The van der Waals surface area contributed by atoms with Crippen LogP contribution in [0.1, 0.15) is 16.1 Å². The fraction of sp³-hybridized carbons (Fsp3) is 0.0556. The third-order valence-corrected chi connectivity index (χ3v) is 5.09. The molecule has 0 radical (unpaired) electrons. The van der Waals surface area contributed by atoms with Crippen LogP contribution in [0.5, 0.6) is 0 Å². The Hall–Kier alpha value is -2.97. The second kappa shape index (κ2) is 7.34. The highest BCUT2D eigenvalue weighted by Gasteiger charge is 2.13. The number of nitrogens with zero attached hydrogens (tertiary/aromatic N) is 3. The largest absolute Gasteiger partial charge is 0.318 e. The number of nitrogens with one attached hydrogen (secondary N) is 2. The van der Waals surface area contributed by atoms with Gasteiger partial charge in [0.2, 0.25) is 0 Å². The van der Waals surface area contributed by atoms with Gasteiger partial charge < -0.3 is 5.32 Å². The summed E-state index contributed by atoms with van der Waals surface area (Å²) < 4.78 is 14.7. The van der Waals surface area contributed by atoms with E-state index in [-0.39, 0.29) is 11.6 Å². The number of H-pyrrole nitrogens is 1. The van der Waals surface area contributed by atoms with E-state index in [2.05, 4.69) is 20.6 Å². The van der Waals surface area contributed by atoms with Crippen molar-refractivity contribution in [1.29, 1.82) is 0 Å². The molecule has 2 N–H and O–H groups in total. The van der Waals surface area contributed by atoms with Crippen molar-refractivity contribution in [3.8, 4) is 10.6 Å². The standard InChI is InChI=1S/C18H13ClFN5OS/c19-14-6-12(20)4-3-11(14)9-25-10-13(8-21-25)22-18(26)16-7-15(23-24-16)17-2-1-5-27-17/h1-8,10H,9H2,(H,22,26)(H,23,24). The van der Waals surface area contributed by atoms with Gasteiger partial charge in [-0.15, -0.1) is 11.3 Å². The Bertz CT molecular complexity index is 1090. The van der Waals surface area contributed by atoms with Gasteiger partial charge in [0.15, 0.2) is 5.69 Å². The molecule has 1 amide bonds. The molecular weight excluding hydrogens is 389 g/mol. The highest BCUT2D eigenvalue weighted by atomic mass is 35.5. The Balaban J connectivity index is 1.44. The fourth-order valence-electron chi connectivity index (χ4n) is 2.53. The lowest BCUT2D eigenvalue weighted by Gasteiger charge is -2.04. The lowest BCUT2D eigenvalue weighted by molar-refractivity contribution is 0.102. The van der Waals surface area contributed by atoms with Crippen molar-refractivity contribution < 1.29 is 9.18 Å². The maximum atomic E-state index is 13.1. The fourth-order valence-corrected chi connectivity index (χ4v) is 3.45. The quantitative estimate of drug-likeness (QED) is 0.519. The van der Waals surface area contributed by atoms with Gasteiger partial charge >= 0.3 is 0 Å². The van der Waals surface area contributed by atoms with Crippen LogP contribution >= 0.6 is 22.9 Å². The number of aromatic amines is 1. The van der Waals surface area contributed by atoms with Gasteiger partial charge in [-0.1, -0.05) is 23.7 Å². The van der Waals surface area contributed by atoms with Gasteiger partial charge in [0.1, 0.15) is 5.82 Å². The van der Waals surface area contributed by atoms with Crippen LogP contribution in [0.3, 0.4) is 0 Å². The molecule has 3 aromatic heterocycles. The Morgan fingerprint density at radius 2 is 2.22 bits per heavy atom. The van der Waals surface area contributed by atoms with Crippen molar-refractivity contribution >= 4 is 34.5 Å². The van der Waals surface area contributed by atoms with E-state index < -0.39 is 5.82 Å². The first-order chi connectivity index (χ1) is 13.1. The number of anilines is 1. The number of aromatic nitrogens is 4. The average molecular weight is 402 g/mol. The monoisotopic (exact) mass is 401 g/mol. The number of hydrogen-bond acceptors (Lipinski definition) is 4. The van der Waals surface area contributed by atoms with Gasteiger partial charge in [0.25, 0.3) is 5.91 Å². The zero-order valence-electron chi connectivity index (χ0n) is 13.8. The molecule has 0 saturated carbocycles. The van der Waals surface area contributed by atoms with Crippen LogP contribution in [0.15, 0.2) is 54.2 Å². The van der Waals surface area contributed by atoms with Crippen molar-refractivity contribution in [1.82, 2.24) is 20.0 Å². The molecular formula is C18H13ClFN5OS. The average Bonchev–Trinajstić information content (AvgIpc) is 3.37. The van der Waals surface area contributed by atoms with Gasteiger partial charge in [-0.25, -0.2) is 4.39 Å². The van der Waals surface area contributed by atoms with Crippen LogP contribution < -0.4 is 5.32 Å². The van der Waals surface area contributed by atoms with E-state index >= 15 is 0 Å². The summed E-state index contributed by atoms with van der Waals surface area (Å²) in [6, 6.07) is 9.78. The van der Waals surface area contributed by atoms with Crippen molar-refractivity contribution in [2.75, 3.05) is 5.32 Å². The van der Waals surface area contributed by atoms with E-state index in [4.69, 9.17) is 11.6 Å². The van der Waals surface area contributed by atoms with Crippen LogP contribution in [0.4, 0.5) is 10.1 Å². The summed E-state index contributed by atoms with van der Waals surface area (Å²) in [5.41, 5.74) is 2.33.